The van der Waals surface area contributed by atoms with Crippen molar-refractivity contribution in [1.82, 2.24) is 4.90 Å². The molecule has 0 saturated heterocycles. The van der Waals surface area contributed by atoms with E-state index in [1.165, 1.54) is 4.90 Å². The largest absolute Gasteiger partial charge is 0.479 e. The first-order valence-electron chi connectivity index (χ1n) is 6.45. The predicted molar refractivity (Wildman–Crippen MR) is 69.5 cm³/mol. The highest BCUT2D eigenvalue weighted by molar-refractivity contribution is 5.85. The molecule has 0 aromatic heterocycles. The van der Waals surface area contributed by atoms with Gasteiger partial charge in [0.05, 0.1) is 6.61 Å². The molecule has 0 aliphatic heterocycles. The molecule has 0 fully saturated rings. The summed E-state index contributed by atoms with van der Waals surface area (Å²) in [4.78, 5) is 25.1. The van der Waals surface area contributed by atoms with Crippen LogP contribution in [0.3, 0.4) is 0 Å². The lowest BCUT2D eigenvalue weighted by Gasteiger charge is -2.44. The number of ether oxygens (including phenoxy) is 1. The van der Waals surface area contributed by atoms with Crippen molar-refractivity contribution < 1.29 is 19.4 Å². The Balaban J connectivity index is 5.63. The van der Waals surface area contributed by atoms with Gasteiger partial charge in [-0.1, -0.05) is 20.8 Å². The first kappa shape index (κ1) is 16.7. The van der Waals surface area contributed by atoms with E-state index in [1.807, 2.05) is 13.8 Å². The monoisotopic (exact) mass is 259 g/mol. The van der Waals surface area contributed by atoms with Gasteiger partial charge in [-0.05, 0) is 33.1 Å². The number of amides is 1. The molecule has 0 radical (unpaired) electrons. The second-order valence-corrected chi connectivity index (χ2v) is 4.90. The van der Waals surface area contributed by atoms with Crippen molar-refractivity contribution in [3.05, 3.63) is 0 Å². The van der Waals surface area contributed by atoms with Crippen LogP contribution in [0.15, 0.2) is 0 Å². The highest BCUT2D eigenvalue weighted by Crippen LogP contribution is 2.32. The summed E-state index contributed by atoms with van der Waals surface area (Å²) >= 11 is 0. The van der Waals surface area contributed by atoms with Gasteiger partial charge in [-0.15, -0.1) is 0 Å². The number of aliphatic carboxylic acids is 1. The van der Waals surface area contributed by atoms with Gasteiger partial charge in [0.15, 0.2) is 0 Å². The van der Waals surface area contributed by atoms with Gasteiger partial charge >= 0.3 is 12.1 Å². The fourth-order valence-corrected chi connectivity index (χ4v) is 2.39. The van der Waals surface area contributed by atoms with Gasteiger partial charge in [-0.25, -0.2) is 9.59 Å². The van der Waals surface area contributed by atoms with Crippen molar-refractivity contribution in [3.8, 4) is 0 Å². The first-order chi connectivity index (χ1) is 8.25. The summed E-state index contributed by atoms with van der Waals surface area (Å²) in [6.07, 6.45) is -0.220. The number of hydrogen-bond donors (Lipinski definition) is 1. The third kappa shape index (κ3) is 2.94. The van der Waals surface area contributed by atoms with Crippen molar-refractivity contribution in [3.63, 3.8) is 0 Å². The first-order valence-corrected chi connectivity index (χ1v) is 6.45. The van der Waals surface area contributed by atoms with Crippen LogP contribution < -0.4 is 0 Å². The molecule has 5 heteroatoms. The zero-order valence-corrected chi connectivity index (χ0v) is 12.2. The van der Waals surface area contributed by atoms with Gasteiger partial charge in [0.2, 0.25) is 0 Å². The lowest BCUT2D eigenvalue weighted by atomic mass is 9.81. The Morgan fingerprint density at radius 2 is 1.72 bits per heavy atom. The highest BCUT2D eigenvalue weighted by Gasteiger charge is 2.49. The van der Waals surface area contributed by atoms with E-state index in [4.69, 9.17) is 4.74 Å². The summed E-state index contributed by atoms with van der Waals surface area (Å²) in [5.41, 5.74) is -1.22. The lowest BCUT2D eigenvalue weighted by Crippen LogP contribution is -2.62. The van der Waals surface area contributed by atoms with Gasteiger partial charge in [-0.3, -0.25) is 4.90 Å². The molecule has 0 heterocycles. The topological polar surface area (TPSA) is 66.8 Å². The molecule has 0 aliphatic rings. The molecular weight excluding hydrogens is 234 g/mol. The molecule has 106 valence electrons. The van der Waals surface area contributed by atoms with Gasteiger partial charge in [-0.2, -0.15) is 0 Å². The number of rotatable bonds is 6. The smallest absolute Gasteiger partial charge is 0.410 e. The molecule has 0 unspecified atom stereocenters. The summed E-state index contributed by atoms with van der Waals surface area (Å²) in [5.74, 6) is -1.19. The molecule has 0 aliphatic carbocycles. The average molecular weight is 259 g/mol. The van der Waals surface area contributed by atoms with Gasteiger partial charge < -0.3 is 9.84 Å². The van der Waals surface area contributed by atoms with Crippen molar-refractivity contribution >= 4 is 12.1 Å². The number of carboxylic acids is 1. The number of hydrogen-bond acceptors (Lipinski definition) is 3. The minimum Gasteiger partial charge on any atom is -0.479 e. The summed E-state index contributed by atoms with van der Waals surface area (Å²) in [5, 5.41) is 9.58. The summed E-state index contributed by atoms with van der Waals surface area (Å²) < 4.78 is 5.00. The third-order valence-electron chi connectivity index (χ3n) is 3.28. The number of carboxylic acid groups (broad SMARTS) is 1. The molecule has 0 aromatic rings. The normalized spacial score (nSPS) is 14.4. The molecule has 0 bridgehead atoms. The molecule has 0 rings (SSSR count). The quantitative estimate of drug-likeness (QED) is 0.796. The second-order valence-electron chi connectivity index (χ2n) is 4.90. The van der Waals surface area contributed by atoms with Crippen LogP contribution in [-0.4, -0.2) is 40.3 Å². The van der Waals surface area contributed by atoms with Crippen LogP contribution in [0.2, 0.25) is 0 Å². The van der Waals surface area contributed by atoms with E-state index < -0.39 is 17.6 Å². The fourth-order valence-electron chi connectivity index (χ4n) is 2.39. The van der Waals surface area contributed by atoms with E-state index in [2.05, 4.69) is 0 Å². The lowest BCUT2D eigenvalue weighted by molar-refractivity contribution is -0.155. The summed E-state index contributed by atoms with van der Waals surface area (Å²) in [7, 11) is 0. The van der Waals surface area contributed by atoms with Crippen LogP contribution in [0.1, 0.15) is 48.0 Å². The van der Waals surface area contributed by atoms with Gasteiger partial charge in [0, 0.05) is 6.04 Å². The van der Waals surface area contributed by atoms with Crippen LogP contribution >= 0.6 is 0 Å². The molecule has 0 aromatic carbocycles. The van der Waals surface area contributed by atoms with Crippen molar-refractivity contribution in [2.45, 2.75) is 59.5 Å². The zero-order valence-electron chi connectivity index (χ0n) is 12.2. The minimum absolute atomic E-state index is 0.202. The number of carbonyl (C=O) groups is 2. The van der Waals surface area contributed by atoms with Crippen LogP contribution in [-0.2, 0) is 9.53 Å². The third-order valence-corrected chi connectivity index (χ3v) is 3.28. The summed E-state index contributed by atoms with van der Waals surface area (Å²) in [6.45, 7) is 10.9. The molecule has 1 atom stereocenters. The maximum Gasteiger partial charge on any atom is 0.410 e. The molecule has 0 spiro atoms. The molecule has 0 saturated carbocycles. The Kier molecular flexibility index (Phi) is 6.15. The van der Waals surface area contributed by atoms with E-state index in [0.29, 0.717) is 6.42 Å². The van der Waals surface area contributed by atoms with E-state index >= 15 is 0 Å². The van der Waals surface area contributed by atoms with Crippen LogP contribution in [0.25, 0.3) is 0 Å². The van der Waals surface area contributed by atoms with E-state index in [-0.39, 0.29) is 18.6 Å². The second kappa shape index (κ2) is 6.61. The van der Waals surface area contributed by atoms with Gasteiger partial charge in [0.1, 0.15) is 5.54 Å². The molecular formula is C13H25NO4. The highest BCUT2D eigenvalue weighted by atomic mass is 16.6. The van der Waals surface area contributed by atoms with Crippen LogP contribution in [0.5, 0.6) is 0 Å². The minimum atomic E-state index is -1.22. The molecule has 5 nitrogen and oxygen atoms in total. The van der Waals surface area contributed by atoms with E-state index in [9.17, 15) is 14.7 Å². The maximum atomic E-state index is 12.0. The van der Waals surface area contributed by atoms with Crippen molar-refractivity contribution in [2.75, 3.05) is 6.61 Å². The SMILES string of the molecule is CCOC(=O)N(C(C)C)[C@](CC)(C(=O)O)C(C)C. The Morgan fingerprint density at radius 1 is 1.22 bits per heavy atom. The molecule has 18 heavy (non-hydrogen) atoms. The zero-order chi connectivity index (χ0) is 14.5. The van der Waals surface area contributed by atoms with Crippen molar-refractivity contribution in [1.29, 1.82) is 0 Å². The van der Waals surface area contributed by atoms with Gasteiger partial charge in [0.25, 0.3) is 0 Å². The average Bonchev–Trinajstić information content (AvgIpc) is 2.23. The Labute approximate surface area is 109 Å². The van der Waals surface area contributed by atoms with E-state index in [1.54, 1.807) is 27.7 Å². The number of nitrogens with zero attached hydrogens (tertiary/aromatic N) is 1. The van der Waals surface area contributed by atoms with Crippen LogP contribution in [0.4, 0.5) is 4.79 Å². The standard InChI is InChI=1S/C13H25NO4/c1-7-13(9(3)4,11(15)16)14(10(5)6)12(17)18-8-2/h9-10H,7-8H2,1-6H3,(H,15,16)/t13-/m0/s1. The molecule has 1 amide bonds. The Morgan fingerprint density at radius 3 is 1.94 bits per heavy atom. The Hall–Kier alpha value is -1.26. The predicted octanol–water partition coefficient (Wildman–Crippen LogP) is 2.74. The van der Waals surface area contributed by atoms with E-state index in [0.717, 1.165) is 0 Å². The Bertz CT molecular complexity index is 301. The fraction of sp³-hybridized carbons (Fsp3) is 0.846. The van der Waals surface area contributed by atoms with Crippen molar-refractivity contribution in [2.24, 2.45) is 5.92 Å². The summed E-state index contributed by atoms with van der Waals surface area (Å²) in [6, 6.07) is -0.234. The number of carbonyl (C=O) groups excluding carboxylic acids is 1. The molecule has 1 N–H and O–H groups in total. The van der Waals surface area contributed by atoms with Crippen LogP contribution in [0, 0.1) is 5.92 Å². The maximum absolute atomic E-state index is 12.0.